The summed E-state index contributed by atoms with van der Waals surface area (Å²) in [6.45, 7) is 3.12. The normalized spacial score (nSPS) is 19.9. The van der Waals surface area contributed by atoms with Gasteiger partial charge in [-0.15, -0.1) is 0 Å². The molecule has 51 valence electrons. The van der Waals surface area contributed by atoms with E-state index < -0.39 is 11.7 Å². The van der Waals surface area contributed by atoms with E-state index in [-0.39, 0.29) is 0 Å². The standard InChI is InChI=1S/C7H11O2/c1-4-7(9,5-2)6(3)8/h6,8-9H,4H2,1,3H3. The molecule has 2 atom stereocenters. The molecule has 0 aliphatic rings. The van der Waals surface area contributed by atoms with E-state index in [2.05, 4.69) is 0 Å². The van der Waals surface area contributed by atoms with E-state index in [0.717, 1.165) is 0 Å². The summed E-state index contributed by atoms with van der Waals surface area (Å²) in [5.74, 6) is 1.88. The lowest BCUT2D eigenvalue weighted by atomic mass is 9.96. The van der Waals surface area contributed by atoms with Crippen LogP contribution >= 0.6 is 0 Å². The van der Waals surface area contributed by atoms with Crippen molar-refractivity contribution in [3.8, 4) is 5.92 Å². The fraction of sp³-hybridized carbons (Fsp3) is 0.714. The van der Waals surface area contributed by atoms with Crippen LogP contribution in [0.4, 0.5) is 0 Å². The van der Waals surface area contributed by atoms with Gasteiger partial charge >= 0.3 is 0 Å². The Morgan fingerprint density at radius 1 is 1.78 bits per heavy atom. The smallest absolute Gasteiger partial charge is 0.151 e. The average molecular weight is 127 g/mol. The van der Waals surface area contributed by atoms with Gasteiger partial charge in [-0.25, -0.2) is 0 Å². The zero-order chi connectivity index (χ0) is 7.49. The summed E-state index contributed by atoms with van der Waals surface area (Å²) in [4.78, 5) is 0. The largest absolute Gasteiger partial charge is 0.389 e. The lowest BCUT2D eigenvalue weighted by Gasteiger charge is -2.22. The predicted molar refractivity (Wildman–Crippen MR) is 34.1 cm³/mol. The van der Waals surface area contributed by atoms with E-state index in [1.807, 2.05) is 5.92 Å². The second-order valence-corrected chi connectivity index (χ2v) is 2.08. The van der Waals surface area contributed by atoms with Gasteiger partial charge in [0, 0.05) is 0 Å². The number of aliphatic hydroxyl groups excluding tert-OH is 1. The second-order valence-electron chi connectivity index (χ2n) is 2.08. The summed E-state index contributed by atoms with van der Waals surface area (Å²) in [6.07, 6.45) is 6.02. The maximum Gasteiger partial charge on any atom is 0.151 e. The highest BCUT2D eigenvalue weighted by atomic mass is 16.3. The monoisotopic (exact) mass is 127 g/mol. The Kier molecular flexibility index (Phi) is 2.69. The van der Waals surface area contributed by atoms with Crippen LogP contribution < -0.4 is 0 Å². The molecule has 9 heavy (non-hydrogen) atoms. The van der Waals surface area contributed by atoms with Crippen LogP contribution in [0.25, 0.3) is 0 Å². The maximum atomic E-state index is 9.16. The predicted octanol–water partition coefficient (Wildman–Crippen LogP) is 0.0981. The Bertz CT molecular complexity index is 123. The quantitative estimate of drug-likeness (QED) is 0.516. The SMILES string of the molecule is [C]#CC(O)(CC)C(C)O. The van der Waals surface area contributed by atoms with E-state index >= 15 is 0 Å². The molecule has 0 aliphatic heterocycles. The van der Waals surface area contributed by atoms with Gasteiger partial charge in [0.05, 0.1) is 6.10 Å². The number of hydrogen-bond donors (Lipinski definition) is 2. The Balaban J connectivity index is 4.14. The Morgan fingerprint density at radius 3 is 2.22 bits per heavy atom. The molecule has 0 saturated carbocycles. The van der Waals surface area contributed by atoms with Gasteiger partial charge < -0.3 is 10.2 Å². The van der Waals surface area contributed by atoms with Crippen molar-refractivity contribution in [1.82, 2.24) is 0 Å². The van der Waals surface area contributed by atoms with Crippen LogP contribution in [0.1, 0.15) is 20.3 Å². The van der Waals surface area contributed by atoms with Crippen molar-refractivity contribution < 1.29 is 10.2 Å². The van der Waals surface area contributed by atoms with Gasteiger partial charge in [0.1, 0.15) is 0 Å². The summed E-state index contributed by atoms with van der Waals surface area (Å²) >= 11 is 0. The molecule has 0 heterocycles. The fourth-order valence-corrected chi connectivity index (χ4v) is 0.488. The zero-order valence-electron chi connectivity index (χ0n) is 5.68. The topological polar surface area (TPSA) is 40.5 Å². The van der Waals surface area contributed by atoms with Crippen molar-refractivity contribution in [2.75, 3.05) is 0 Å². The first-order chi connectivity index (χ1) is 4.06. The second kappa shape index (κ2) is 2.86. The van der Waals surface area contributed by atoms with Crippen molar-refractivity contribution in [3.05, 3.63) is 6.42 Å². The van der Waals surface area contributed by atoms with E-state index in [0.29, 0.717) is 6.42 Å². The van der Waals surface area contributed by atoms with E-state index in [1.165, 1.54) is 6.92 Å². The minimum Gasteiger partial charge on any atom is -0.389 e. The van der Waals surface area contributed by atoms with Gasteiger partial charge in [-0.05, 0) is 19.8 Å². The van der Waals surface area contributed by atoms with Crippen molar-refractivity contribution >= 4 is 0 Å². The molecular formula is C7H11O2. The first kappa shape index (κ1) is 8.48. The van der Waals surface area contributed by atoms with Crippen molar-refractivity contribution in [3.63, 3.8) is 0 Å². The number of aliphatic hydroxyl groups is 2. The molecule has 2 unspecified atom stereocenters. The van der Waals surface area contributed by atoms with Crippen molar-refractivity contribution in [1.29, 1.82) is 0 Å². The van der Waals surface area contributed by atoms with Gasteiger partial charge in [-0.3, -0.25) is 0 Å². The van der Waals surface area contributed by atoms with Crippen LogP contribution in [0.2, 0.25) is 0 Å². The highest BCUT2D eigenvalue weighted by Gasteiger charge is 2.27. The third kappa shape index (κ3) is 1.70. The van der Waals surface area contributed by atoms with E-state index in [1.54, 1.807) is 6.92 Å². The first-order valence-electron chi connectivity index (χ1n) is 2.91. The summed E-state index contributed by atoms with van der Waals surface area (Å²) in [6, 6.07) is 0. The fourth-order valence-electron chi connectivity index (χ4n) is 0.488. The van der Waals surface area contributed by atoms with Crippen LogP contribution in [-0.4, -0.2) is 21.9 Å². The summed E-state index contributed by atoms with van der Waals surface area (Å²) in [7, 11) is 0. The van der Waals surface area contributed by atoms with Gasteiger partial charge in [0.25, 0.3) is 0 Å². The minimum atomic E-state index is -1.44. The molecule has 0 aliphatic carbocycles. The molecule has 0 amide bonds. The van der Waals surface area contributed by atoms with Gasteiger partial charge in [0.2, 0.25) is 0 Å². The van der Waals surface area contributed by atoms with Crippen LogP contribution in [0.3, 0.4) is 0 Å². The van der Waals surface area contributed by atoms with Gasteiger partial charge in [-0.1, -0.05) is 12.8 Å². The van der Waals surface area contributed by atoms with Crippen LogP contribution in [0.15, 0.2) is 0 Å². The third-order valence-corrected chi connectivity index (χ3v) is 1.45. The summed E-state index contributed by atoms with van der Waals surface area (Å²) in [5.41, 5.74) is -1.44. The van der Waals surface area contributed by atoms with Crippen molar-refractivity contribution in [2.24, 2.45) is 0 Å². The molecule has 0 rings (SSSR count). The highest BCUT2D eigenvalue weighted by Crippen LogP contribution is 2.12. The average Bonchev–Trinajstić information content (AvgIpc) is 1.86. The minimum absolute atomic E-state index is 0.314. The summed E-state index contributed by atoms with van der Waals surface area (Å²) < 4.78 is 0. The first-order valence-corrected chi connectivity index (χ1v) is 2.91. The molecule has 0 aromatic carbocycles. The van der Waals surface area contributed by atoms with Gasteiger partial charge in [-0.2, -0.15) is 0 Å². The third-order valence-electron chi connectivity index (χ3n) is 1.45. The molecule has 1 radical (unpaired) electrons. The lowest BCUT2D eigenvalue weighted by molar-refractivity contribution is -0.0241. The molecule has 2 N–H and O–H groups in total. The summed E-state index contributed by atoms with van der Waals surface area (Å²) in [5, 5.41) is 18.0. The lowest BCUT2D eigenvalue weighted by Crippen LogP contribution is -2.37. The van der Waals surface area contributed by atoms with E-state index in [9.17, 15) is 0 Å². The van der Waals surface area contributed by atoms with Crippen molar-refractivity contribution in [2.45, 2.75) is 32.0 Å². The van der Waals surface area contributed by atoms with Crippen LogP contribution in [-0.2, 0) is 0 Å². The molecule has 0 aromatic rings. The van der Waals surface area contributed by atoms with Crippen LogP contribution in [0, 0.1) is 12.3 Å². The van der Waals surface area contributed by atoms with E-state index in [4.69, 9.17) is 16.6 Å². The maximum absolute atomic E-state index is 9.16. The molecule has 2 heteroatoms. The Hall–Kier alpha value is -0.520. The number of rotatable bonds is 2. The molecule has 0 spiro atoms. The molecule has 0 saturated heterocycles. The molecular weight excluding hydrogens is 116 g/mol. The molecule has 2 nitrogen and oxygen atoms in total. The Labute approximate surface area is 55.5 Å². The van der Waals surface area contributed by atoms with Crippen LogP contribution in [0.5, 0.6) is 0 Å². The molecule has 0 bridgehead atoms. The Morgan fingerprint density at radius 2 is 2.22 bits per heavy atom. The zero-order valence-corrected chi connectivity index (χ0v) is 5.68. The van der Waals surface area contributed by atoms with Gasteiger partial charge in [0.15, 0.2) is 5.60 Å². The molecule has 0 fully saturated rings. The highest BCUT2D eigenvalue weighted by molar-refractivity contribution is 5.05. The molecule has 0 aromatic heterocycles. The number of hydrogen-bond acceptors (Lipinski definition) is 2.